The first-order chi connectivity index (χ1) is 12.1. The minimum Gasteiger partial charge on any atom is -0.454 e. The summed E-state index contributed by atoms with van der Waals surface area (Å²) in [5, 5.41) is 10.8. The lowest BCUT2D eigenvalue weighted by Gasteiger charge is -2.38. The molecule has 25 heavy (non-hydrogen) atoms. The summed E-state index contributed by atoms with van der Waals surface area (Å²) in [7, 11) is 0. The van der Waals surface area contributed by atoms with Crippen LogP contribution in [-0.2, 0) is 5.60 Å². The van der Waals surface area contributed by atoms with Crippen molar-refractivity contribution in [3.8, 4) is 11.5 Å². The summed E-state index contributed by atoms with van der Waals surface area (Å²) in [5.41, 5.74) is -0.614. The summed E-state index contributed by atoms with van der Waals surface area (Å²) < 4.78 is 24.4. The first-order valence-electron chi connectivity index (χ1n) is 8.09. The maximum absolute atomic E-state index is 13.9. The molecule has 2 aromatic rings. The van der Waals surface area contributed by atoms with Crippen LogP contribution in [0.1, 0.15) is 28.8 Å². The average Bonchev–Trinajstić information content (AvgIpc) is 3.10. The number of rotatable bonds is 2. The number of aliphatic hydroxyl groups is 1. The van der Waals surface area contributed by atoms with E-state index in [1.54, 1.807) is 29.2 Å². The van der Waals surface area contributed by atoms with E-state index in [0.717, 1.165) is 0 Å². The molecule has 2 aliphatic heterocycles. The molecule has 0 spiro atoms. The van der Waals surface area contributed by atoms with E-state index >= 15 is 0 Å². The molecule has 4 rings (SSSR count). The van der Waals surface area contributed by atoms with Crippen molar-refractivity contribution in [3.05, 3.63) is 53.6 Å². The fourth-order valence-electron chi connectivity index (χ4n) is 3.29. The van der Waals surface area contributed by atoms with Gasteiger partial charge in [0.15, 0.2) is 11.5 Å². The van der Waals surface area contributed by atoms with Gasteiger partial charge in [0, 0.05) is 30.4 Å². The van der Waals surface area contributed by atoms with Gasteiger partial charge in [-0.15, -0.1) is 0 Å². The van der Waals surface area contributed by atoms with Crippen LogP contribution >= 0.6 is 0 Å². The third kappa shape index (κ3) is 2.80. The lowest BCUT2D eigenvalue weighted by molar-refractivity contribution is -0.0241. The van der Waals surface area contributed by atoms with Gasteiger partial charge in [0.25, 0.3) is 5.91 Å². The number of fused-ring (bicyclic) bond motifs is 1. The van der Waals surface area contributed by atoms with Crippen LogP contribution in [0, 0.1) is 5.95 Å². The number of halogens is 1. The van der Waals surface area contributed by atoms with E-state index in [0.29, 0.717) is 30.2 Å². The van der Waals surface area contributed by atoms with Crippen molar-refractivity contribution < 1.29 is 23.8 Å². The highest BCUT2D eigenvalue weighted by Gasteiger charge is 2.38. The van der Waals surface area contributed by atoms with Gasteiger partial charge in [0.1, 0.15) is 0 Å². The van der Waals surface area contributed by atoms with Gasteiger partial charge in [-0.05, 0) is 37.1 Å². The highest BCUT2D eigenvalue weighted by atomic mass is 19.1. The quantitative estimate of drug-likeness (QED) is 0.845. The van der Waals surface area contributed by atoms with Crippen molar-refractivity contribution >= 4 is 5.91 Å². The van der Waals surface area contributed by atoms with Crippen LogP contribution in [0.3, 0.4) is 0 Å². The van der Waals surface area contributed by atoms with Gasteiger partial charge in [0.05, 0.1) is 5.60 Å². The Morgan fingerprint density at radius 2 is 1.96 bits per heavy atom. The third-order valence-corrected chi connectivity index (χ3v) is 4.76. The number of piperidine rings is 1. The average molecular weight is 344 g/mol. The summed E-state index contributed by atoms with van der Waals surface area (Å²) in [4.78, 5) is 17.9. The second-order valence-electron chi connectivity index (χ2n) is 6.23. The number of nitrogens with zero attached hydrogens (tertiary/aromatic N) is 2. The number of hydrogen-bond donors (Lipinski definition) is 1. The number of hydrogen-bond acceptors (Lipinski definition) is 5. The number of aromatic nitrogens is 1. The smallest absolute Gasteiger partial charge is 0.253 e. The molecule has 0 aliphatic carbocycles. The molecule has 1 saturated heterocycles. The number of amides is 1. The van der Waals surface area contributed by atoms with Gasteiger partial charge in [-0.3, -0.25) is 4.79 Å². The van der Waals surface area contributed by atoms with Gasteiger partial charge >= 0.3 is 0 Å². The van der Waals surface area contributed by atoms with E-state index in [9.17, 15) is 14.3 Å². The molecular formula is C18H17FN2O4. The minimum atomic E-state index is -1.30. The van der Waals surface area contributed by atoms with Crippen molar-refractivity contribution in [1.82, 2.24) is 9.88 Å². The molecule has 0 saturated carbocycles. The zero-order valence-corrected chi connectivity index (χ0v) is 13.4. The Morgan fingerprint density at radius 3 is 2.72 bits per heavy atom. The molecule has 0 radical (unpaired) electrons. The van der Waals surface area contributed by atoms with Crippen molar-refractivity contribution in [2.24, 2.45) is 0 Å². The summed E-state index contributed by atoms with van der Waals surface area (Å²) in [6.07, 6.45) is 1.86. The summed E-state index contributed by atoms with van der Waals surface area (Å²) in [5.74, 6) is 0.362. The van der Waals surface area contributed by atoms with Gasteiger partial charge < -0.3 is 19.5 Å². The monoisotopic (exact) mass is 344 g/mol. The molecule has 130 valence electrons. The summed E-state index contributed by atoms with van der Waals surface area (Å²) in [6.45, 7) is 0.816. The van der Waals surface area contributed by atoms with Crippen LogP contribution in [0.5, 0.6) is 11.5 Å². The standard InChI is InChI=1S/C18H17FN2O4/c19-16-13(2-1-7-20-16)18(23)5-8-21(9-6-18)17(22)12-3-4-14-15(10-12)25-11-24-14/h1-4,7,10,23H,5-6,8-9,11H2. The Kier molecular flexibility index (Phi) is 3.80. The van der Waals surface area contributed by atoms with E-state index < -0.39 is 11.5 Å². The maximum Gasteiger partial charge on any atom is 0.253 e. The molecule has 6 nitrogen and oxygen atoms in total. The molecule has 1 amide bonds. The lowest BCUT2D eigenvalue weighted by Crippen LogP contribution is -2.45. The number of likely N-dealkylation sites (tertiary alicyclic amines) is 1. The normalized spacial score (nSPS) is 18.2. The summed E-state index contributed by atoms with van der Waals surface area (Å²) in [6, 6.07) is 8.20. The van der Waals surface area contributed by atoms with Gasteiger partial charge in [0.2, 0.25) is 12.7 Å². The minimum absolute atomic E-state index is 0.146. The number of ether oxygens (including phenoxy) is 2. The number of carbonyl (C=O) groups excluding carboxylic acids is 1. The molecule has 0 unspecified atom stereocenters. The van der Waals surface area contributed by atoms with Crippen molar-refractivity contribution in [3.63, 3.8) is 0 Å². The van der Waals surface area contributed by atoms with Crippen LogP contribution in [0.2, 0.25) is 0 Å². The predicted octanol–water partition coefficient (Wildman–Crippen LogP) is 2.07. The molecule has 2 aliphatic rings. The molecule has 1 fully saturated rings. The van der Waals surface area contributed by atoms with Crippen LogP contribution in [-0.4, -0.2) is 40.8 Å². The zero-order chi connectivity index (χ0) is 17.4. The SMILES string of the molecule is O=C(c1ccc2c(c1)OCO2)N1CCC(O)(c2cccnc2F)CC1. The Morgan fingerprint density at radius 1 is 1.20 bits per heavy atom. The topological polar surface area (TPSA) is 71.9 Å². The number of benzene rings is 1. The van der Waals surface area contributed by atoms with Gasteiger partial charge in [-0.1, -0.05) is 6.07 Å². The van der Waals surface area contributed by atoms with Crippen molar-refractivity contribution in [2.75, 3.05) is 19.9 Å². The Labute approximate surface area is 143 Å². The van der Waals surface area contributed by atoms with Gasteiger partial charge in [-0.2, -0.15) is 4.39 Å². The Bertz CT molecular complexity index is 818. The predicted molar refractivity (Wildman–Crippen MR) is 85.8 cm³/mol. The molecule has 0 atom stereocenters. The number of carbonyl (C=O) groups is 1. The fourth-order valence-corrected chi connectivity index (χ4v) is 3.29. The molecule has 1 N–H and O–H groups in total. The summed E-state index contributed by atoms with van der Waals surface area (Å²) >= 11 is 0. The van der Waals surface area contributed by atoms with Crippen LogP contribution in [0.25, 0.3) is 0 Å². The first-order valence-corrected chi connectivity index (χ1v) is 8.09. The Hall–Kier alpha value is -2.67. The second-order valence-corrected chi connectivity index (χ2v) is 6.23. The van der Waals surface area contributed by atoms with Crippen LogP contribution < -0.4 is 9.47 Å². The van der Waals surface area contributed by atoms with Crippen LogP contribution in [0.15, 0.2) is 36.5 Å². The van der Waals surface area contributed by atoms with Crippen molar-refractivity contribution in [2.45, 2.75) is 18.4 Å². The third-order valence-electron chi connectivity index (χ3n) is 4.76. The van der Waals surface area contributed by atoms with E-state index in [-0.39, 0.29) is 31.1 Å². The zero-order valence-electron chi connectivity index (χ0n) is 13.4. The maximum atomic E-state index is 13.9. The van der Waals surface area contributed by atoms with Crippen molar-refractivity contribution in [1.29, 1.82) is 0 Å². The highest BCUT2D eigenvalue weighted by Crippen LogP contribution is 2.36. The molecule has 3 heterocycles. The molecule has 0 bridgehead atoms. The van der Waals surface area contributed by atoms with Gasteiger partial charge in [-0.25, -0.2) is 4.98 Å². The van der Waals surface area contributed by atoms with E-state index in [1.165, 1.54) is 12.3 Å². The fraction of sp³-hybridized carbons (Fsp3) is 0.333. The number of pyridine rings is 1. The highest BCUT2D eigenvalue weighted by molar-refractivity contribution is 5.95. The van der Waals surface area contributed by atoms with E-state index in [1.807, 2.05) is 0 Å². The molecule has 1 aromatic heterocycles. The largest absolute Gasteiger partial charge is 0.454 e. The Balaban J connectivity index is 1.48. The lowest BCUT2D eigenvalue weighted by atomic mass is 9.85. The second kappa shape index (κ2) is 6.00. The molecular weight excluding hydrogens is 327 g/mol. The van der Waals surface area contributed by atoms with E-state index in [2.05, 4.69) is 4.98 Å². The molecule has 7 heteroatoms. The van der Waals surface area contributed by atoms with E-state index in [4.69, 9.17) is 9.47 Å². The van der Waals surface area contributed by atoms with Crippen LogP contribution in [0.4, 0.5) is 4.39 Å². The first kappa shape index (κ1) is 15.8. The molecule has 1 aromatic carbocycles.